The van der Waals surface area contributed by atoms with Gasteiger partial charge in [-0.1, -0.05) is 0 Å². The molecule has 0 aliphatic carbocycles. The molecule has 0 spiro atoms. The standard InChI is InChI=1S/C9H20N2O3/c1-9(2,3)11-6-7(13)8(14)10-4-5-12/h7,11-13H,4-6H2,1-3H3,(H,10,14). The van der Waals surface area contributed by atoms with Gasteiger partial charge in [0, 0.05) is 18.6 Å². The maximum absolute atomic E-state index is 11.1. The van der Waals surface area contributed by atoms with Gasteiger partial charge in [-0.2, -0.15) is 0 Å². The molecule has 0 aliphatic rings. The Morgan fingerprint density at radius 2 is 2.00 bits per heavy atom. The van der Waals surface area contributed by atoms with E-state index in [-0.39, 0.29) is 25.2 Å². The highest BCUT2D eigenvalue weighted by Gasteiger charge is 2.17. The number of rotatable bonds is 5. The lowest BCUT2D eigenvalue weighted by molar-refractivity contribution is -0.129. The van der Waals surface area contributed by atoms with Gasteiger partial charge in [-0.05, 0) is 20.8 Å². The Morgan fingerprint density at radius 1 is 1.43 bits per heavy atom. The molecule has 0 heterocycles. The maximum atomic E-state index is 11.1. The molecular formula is C9H20N2O3. The number of aliphatic hydroxyl groups is 2. The first kappa shape index (κ1) is 13.4. The Labute approximate surface area is 84.5 Å². The van der Waals surface area contributed by atoms with Crippen LogP contribution < -0.4 is 10.6 Å². The minimum absolute atomic E-state index is 0.120. The molecule has 0 radical (unpaired) electrons. The minimum atomic E-state index is -1.07. The first-order valence-corrected chi connectivity index (χ1v) is 4.68. The fourth-order valence-electron chi connectivity index (χ4n) is 0.792. The van der Waals surface area contributed by atoms with Crippen LogP contribution >= 0.6 is 0 Å². The summed E-state index contributed by atoms with van der Waals surface area (Å²) >= 11 is 0. The molecule has 4 N–H and O–H groups in total. The van der Waals surface area contributed by atoms with E-state index in [1.807, 2.05) is 20.8 Å². The second-order valence-electron chi connectivity index (χ2n) is 4.16. The average Bonchev–Trinajstić information content (AvgIpc) is 2.09. The maximum Gasteiger partial charge on any atom is 0.250 e. The monoisotopic (exact) mass is 204 g/mol. The van der Waals surface area contributed by atoms with Gasteiger partial charge in [0.15, 0.2) is 0 Å². The summed E-state index contributed by atoms with van der Waals surface area (Å²) in [5.41, 5.74) is -0.127. The third-order valence-electron chi connectivity index (χ3n) is 1.54. The third-order valence-corrected chi connectivity index (χ3v) is 1.54. The van der Waals surface area contributed by atoms with E-state index in [0.29, 0.717) is 0 Å². The quantitative estimate of drug-likeness (QED) is 0.455. The van der Waals surface area contributed by atoms with Crippen molar-refractivity contribution in [3.63, 3.8) is 0 Å². The molecule has 0 aliphatic heterocycles. The number of amides is 1. The van der Waals surface area contributed by atoms with Crippen molar-refractivity contribution in [3.05, 3.63) is 0 Å². The van der Waals surface area contributed by atoms with Gasteiger partial charge in [0.25, 0.3) is 0 Å². The van der Waals surface area contributed by atoms with E-state index in [9.17, 15) is 9.90 Å². The first-order valence-electron chi connectivity index (χ1n) is 4.68. The van der Waals surface area contributed by atoms with Crippen molar-refractivity contribution in [3.8, 4) is 0 Å². The van der Waals surface area contributed by atoms with Crippen LogP contribution in [0.15, 0.2) is 0 Å². The fourth-order valence-corrected chi connectivity index (χ4v) is 0.792. The average molecular weight is 204 g/mol. The van der Waals surface area contributed by atoms with E-state index in [1.54, 1.807) is 0 Å². The number of aliphatic hydroxyl groups excluding tert-OH is 2. The van der Waals surface area contributed by atoms with Crippen LogP contribution in [0.1, 0.15) is 20.8 Å². The van der Waals surface area contributed by atoms with E-state index in [1.165, 1.54) is 0 Å². The summed E-state index contributed by atoms with van der Waals surface area (Å²) in [6.45, 7) is 6.11. The molecular weight excluding hydrogens is 184 g/mol. The SMILES string of the molecule is CC(C)(C)NCC(O)C(=O)NCCO. The fraction of sp³-hybridized carbons (Fsp3) is 0.889. The first-order chi connectivity index (χ1) is 6.37. The molecule has 5 heteroatoms. The van der Waals surface area contributed by atoms with E-state index in [4.69, 9.17) is 5.11 Å². The van der Waals surface area contributed by atoms with Crippen LogP contribution in [-0.2, 0) is 4.79 Å². The van der Waals surface area contributed by atoms with Gasteiger partial charge in [0.2, 0.25) is 5.91 Å². The van der Waals surface area contributed by atoms with Crippen LogP contribution in [0, 0.1) is 0 Å². The van der Waals surface area contributed by atoms with Gasteiger partial charge < -0.3 is 20.8 Å². The normalized spacial score (nSPS) is 13.8. The molecule has 0 aromatic carbocycles. The zero-order chi connectivity index (χ0) is 11.2. The molecule has 1 amide bonds. The predicted molar refractivity (Wildman–Crippen MR) is 53.9 cm³/mol. The van der Waals surface area contributed by atoms with Crippen molar-refractivity contribution in [1.82, 2.24) is 10.6 Å². The zero-order valence-corrected chi connectivity index (χ0v) is 9.00. The van der Waals surface area contributed by atoms with Crippen LogP contribution in [0.4, 0.5) is 0 Å². The molecule has 1 atom stereocenters. The summed E-state index contributed by atoms with van der Waals surface area (Å²) in [7, 11) is 0. The molecule has 0 aromatic rings. The Kier molecular flexibility index (Phi) is 5.68. The lowest BCUT2D eigenvalue weighted by Gasteiger charge is -2.22. The van der Waals surface area contributed by atoms with Crippen molar-refractivity contribution in [2.24, 2.45) is 0 Å². The number of nitrogens with one attached hydrogen (secondary N) is 2. The van der Waals surface area contributed by atoms with E-state index in [0.717, 1.165) is 0 Å². The predicted octanol–water partition coefficient (Wildman–Crippen LogP) is -1.16. The Bertz CT molecular complexity index is 177. The summed E-state index contributed by atoms with van der Waals surface area (Å²) in [6.07, 6.45) is -1.07. The molecule has 5 nitrogen and oxygen atoms in total. The van der Waals surface area contributed by atoms with Crippen LogP contribution in [0.3, 0.4) is 0 Å². The second kappa shape index (κ2) is 5.95. The van der Waals surface area contributed by atoms with Crippen molar-refractivity contribution in [1.29, 1.82) is 0 Å². The summed E-state index contributed by atoms with van der Waals surface area (Å²) in [5.74, 6) is -0.462. The van der Waals surface area contributed by atoms with Crippen LogP contribution in [-0.4, -0.2) is 47.5 Å². The van der Waals surface area contributed by atoms with E-state index < -0.39 is 12.0 Å². The highest BCUT2D eigenvalue weighted by atomic mass is 16.3. The van der Waals surface area contributed by atoms with Gasteiger partial charge in [0.1, 0.15) is 6.10 Å². The summed E-state index contributed by atoms with van der Waals surface area (Å²) in [4.78, 5) is 11.1. The molecule has 0 aromatic heterocycles. The highest BCUT2D eigenvalue weighted by molar-refractivity contribution is 5.80. The van der Waals surface area contributed by atoms with E-state index >= 15 is 0 Å². The second-order valence-corrected chi connectivity index (χ2v) is 4.16. The van der Waals surface area contributed by atoms with Gasteiger partial charge in [0.05, 0.1) is 6.61 Å². The Hall–Kier alpha value is -0.650. The third kappa shape index (κ3) is 6.82. The number of carbonyl (C=O) groups is 1. The molecule has 84 valence electrons. The van der Waals surface area contributed by atoms with Crippen molar-refractivity contribution < 1.29 is 15.0 Å². The summed E-state index contributed by atoms with van der Waals surface area (Å²) in [6, 6.07) is 0. The van der Waals surface area contributed by atoms with Crippen LogP contribution in [0.25, 0.3) is 0 Å². The minimum Gasteiger partial charge on any atom is -0.395 e. The van der Waals surface area contributed by atoms with Crippen LogP contribution in [0.5, 0.6) is 0 Å². The van der Waals surface area contributed by atoms with Crippen molar-refractivity contribution in [2.75, 3.05) is 19.7 Å². The zero-order valence-electron chi connectivity index (χ0n) is 9.00. The molecule has 14 heavy (non-hydrogen) atoms. The topological polar surface area (TPSA) is 81.6 Å². The Morgan fingerprint density at radius 3 is 2.43 bits per heavy atom. The smallest absolute Gasteiger partial charge is 0.250 e. The molecule has 0 bridgehead atoms. The van der Waals surface area contributed by atoms with Crippen molar-refractivity contribution >= 4 is 5.91 Å². The van der Waals surface area contributed by atoms with Crippen LogP contribution in [0.2, 0.25) is 0 Å². The molecule has 0 fully saturated rings. The number of carbonyl (C=O) groups excluding carboxylic acids is 1. The van der Waals surface area contributed by atoms with Gasteiger partial charge in [-0.15, -0.1) is 0 Å². The summed E-state index contributed by atoms with van der Waals surface area (Å²) in [5, 5.41) is 23.2. The van der Waals surface area contributed by atoms with E-state index in [2.05, 4.69) is 10.6 Å². The lowest BCUT2D eigenvalue weighted by Crippen LogP contribution is -2.47. The number of hydrogen-bond donors (Lipinski definition) is 4. The molecule has 1 unspecified atom stereocenters. The van der Waals surface area contributed by atoms with Gasteiger partial charge >= 0.3 is 0 Å². The van der Waals surface area contributed by atoms with Crippen molar-refractivity contribution in [2.45, 2.75) is 32.4 Å². The molecule has 0 saturated carbocycles. The number of hydrogen-bond acceptors (Lipinski definition) is 4. The molecule has 0 rings (SSSR count). The van der Waals surface area contributed by atoms with Gasteiger partial charge in [-0.25, -0.2) is 0 Å². The Balaban J connectivity index is 3.73. The lowest BCUT2D eigenvalue weighted by atomic mass is 10.1. The van der Waals surface area contributed by atoms with Gasteiger partial charge in [-0.3, -0.25) is 4.79 Å². The largest absolute Gasteiger partial charge is 0.395 e. The number of β-amino-alcohol motifs (C(OH)–C–C–N with tert-alkyl or cyclic N) is 1. The molecule has 0 saturated heterocycles. The summed E-state index contributed by atoms with van der Waals surface area (Å²) < 4.78 is 0. The highest BCUT2D eigenvalue weighted by Crippen LogP contribution is 1.98.